The zero-order valence-corrected chi connectivity index (χ0v) is 13.0. The lowest BCUT2D eigenvalue weighted by Crippen LogP contribution is -2.36. The molecule has 1 fully saturated rings. The molecule has 2 rings (SSSR count). The van der Waals surface area contributed by atoms with E-state index in [0.29, 0.717) is 12.1 Å². The lowest BCUT2D eigenvalue weighted by molar-refractivity contribution is -0.123. The Labute approximate surface area is 127 Å². The Morgan fingerprint density at radius 2 is 2.10 bits per heavy atom. The Bertz CT molecular complexity index is 454. The first-order valence-electron chi connectivity index (χ1n) is 7.88. The number of benzene rings is 1. The van der Waals surface area contributed by atoms with Crippen LogP contribution in [0.2, 0.25) is 0 Å². The second-order valence-corrected chi connectivity index (χ2v) is 6.02. The largest absolute Gasteiger partial charge is 0.484 e. The maximum atomic E-state index is 11.8. The summed E-state index contributed by atoms with van der Waals surface area (Å²) in [4.78, 5) is 11.8. The number of nitrogens with one attached hydrogen (secondary N) is 2. The molecule has 0 spiro atoms. The SMILES string of the molecule is CC(C)NCc1cccc(OCC(=O)NC2CCCC2)c1. The molecule has 0 atom stereocenters. The molecule has 2 N–H and O–H groups in total. The van der Waals surface area contributed by atoms with Crippen LogP contribution in [0.3, 0.4) is 0 Å². The molecule has 0 aliphatic heterocycles. The van der Waals surface area contributed by atoms with E-state index < -0.39 is 0 Å². The third-order valence-electron chi connectivity index (χ3n) is 3.70. The van der Waals surface area contributed by atoms with Crippen molar-refractivity contribution in [3.05, 3.63) is 29.8 Å². The average Bonchev–Trinajstić information content (AvgIpc) is 2.96. The van der Waals surface area contributed by atoms with E-state index in [4.69, 9.17) is 4.74 Å². The smallest absolute Gasteiger partial charge is 0.258 e. The van der Waals surface area contributed by atoms with Crippen LogP contribution in [0.25, 0.3) is 0 Å². The number of amides is 1. The molecule has 0 bridgehead atoms. The van der Waals surface area contributed by atoms with Gasteiger partial charge < -0.3 is 15.4 Å². The van der Waals surface area contributed by atoms with Gasteiger partial charge in [0.2, 0.25) is 0 Å². The summed E-state index contributed by atoms with van der Waals surface area (Å²) in [5.41, 5.74) is 1.16. The number of hydrogen-bond donors (Lipinski definition) is 2. The van der Waals surface area contributed by atoms with E-state index in [1.165, 1.54) is 12.8 Å². The van der Waals surface area contributed by atoms with Gasteiger partial charge in [0.05, 0.1) is 0 Å². The van der Waals surface area contributed by atoms with Gasteiger partial charge in [0.15, 0.2) is 6.61 Å². The molecule has 1 aliphatic rings. The molecule has 116 valence electrons. The van der Waals surface area contributed by atoms with Gasteiger partial charge in [-0.3, -0.25) is 4.79 Å². The minimum atomic E-state index is -0.0207. The van der Waals surface area contributed by atoms with Crippen molar-refractivity contribution in [2.24, 2.45) is 0 Å². The van der Waals surface area contributed by atoms with Crippen LogP contribution in [-0.4, -0.2) is 24.6 Å². The summed E-state index contributed by atoms with van der Waals surface area (Å²) in [6.07, 6.45) is 4.64. The monoisotopic (exact) mass is 290 g/mol. The van der Waals surface area contributed by atoms with Gasteiger partial charge in [-0.25, -0.2) is 0 Å². The molecule has 1 aromatic rings. The van der Waals surface area contributed by atoms with Gasteiger partial charge in [0.25, 0.3) is 5.91 Å². The second-order valence-electron chi connectivity index (χ2n) is 6.02. The Morgan fingerprint density at radius 3 is 2.81 bits per heavy atom. The fourth-order valence-corrected chi connectivity index (χ4v) is 2.56. The van der Waals surface area contributed by atoms with Crippen LogP contribution in [-0.2, 0) is 11.3 Å². The van der Waals surface area contributed by atoms with E-state index in [1.807, 2.05) is 18.2 Å². The molecule has 0 radical (unpaired) electrons. The van der Waals surface area contributed by atoms with Crippen molar-refractivity contribution in [3.8, 4) is 5.75 Å². The molecule has 0 saturated heterocycles. The third kappa shape index (κ3) is 5.76. The highest BCUT2D eigenvalue weighted by Crippen LogP contribution is 2.17. The molecule has 0 aromatic heterocycles. The Hall–Kier alpha value is -1.55. The van der Waals surface area contributed by atoms with E-state index in [-0.39, 0.29) is 12.5 Å². The number of ether oxygens (including phenoxy) is 1. The van der Waals surface area contributed by atoms with E-state index in [0.717, 1.165) is 30.7 Å². The Morgan fingerprint density at radius 1 is 1.33 bits per heavy atom. The van der Waals surface area contributed by atoms with Gasteiger partial charge in [0.1, 0.15) is 5.75 Å². The molecule has 1 amide bonds. The topological polar surface area (TPSA) is 50.4 Å². The standard InChI is InChI=1S/C17H26N2O2/c1-13(2)18-11-14-6-5-9-16(10-14)21-12-17(20)19-15-7-3-4-8-15/h5-6,9-10,13,15,18H,3-4,7-8,11-12H2,1-2H3,(H,19,20). The van der Waals surface area contributed by atoms with Gasteiger partial charge in [-0.05, 0) is 30.5 Å². The predicted octanol–water partition coefficient (Wildman–Crippen LogP) is 2.62. The summed E-state index contributed by atoms with van der Waals surface area (Å²) < 4.78 is 5.59. The maximum Gasteiger partial charge on any atom is 0.258 e. The lowest BCUT2D eigenvalue weighted by Gasteiger charge is -2.13. The van der Waals surface area contributed by atoms with Crippen molar-refractivity contribution in [1.82, 2.24) is 10.6 Å². The van der Waals surface area contributed by atoms with Gasteiger partial charge in [-0.2, -0.15) is 0 Å². The molecule has 1 saturated carbocycles. The van der Waals surface area contributed by atoms with Gasteiger partial charge >= 0.3 is 0 Å². The first-order valence-corrected chi connectivity index (χ1v) is 7.88. The fraction of sp³-hybridized carbons (Fsp3) is 0.588. The van der Waals surface area contributed by atoms with Crippen LogP contribution in [0.15, 0.2) is 24.3 Å². The molecule has 4 nitrogen and oxygen atoms in total. The van der Waals surface area contributed by atoms with E-state index in [9.17, 15) is 4.79 Å². The molecule has 21 heavy (non-hydrogen) atoms. The van der Waals surface area contributed by atoms with Crippen LogP contribution in [0.4, 0.5) is 0 Å². The summed E-state index contributed by atoms with van der Waals surface area (Å²) in [6, 6.07) is 8.69. The zero-order valence-electron chi connectivity index (χ0n) is 13.0. The van der Waals surface area contributed by atoms with Crippen molar-refractivity contribution >= 4 is 5.91 Å². The predicted molar refractivity (Wildman–Crippen MR) is 84.3 cm³/mol. The second kappa shape index (κ2) is 8.03. The van der Waals surface area contributed by atoms with Crippen LogP contribution in [0.5, 0.6) is 5.75 Å². The molecule has 0 heterocycles. The molecule has 4 heteroatoms. The molecule has 0 unspecified atom stereocenters. The van der Waals surface area contributed by atoms with Crippen molar-refractivity contribution in [2.75, 3.05) is 6.61 Å². The summed E-state index contributed by atoms with van der Waals surface area (Å²) in [5.74, 6) is 0.729. The number of carbonyl (C=O) groups is 1. The highest BCUT2D eigenvalue weighted by Gasteiger charge is 2.17. The average molecular weight is 290 g/mol. The van der Waals surface area contributed by atoms with Crippen molar-refractivity contribution in [3.63, 3.8) is 0 Å². The Kier molecular flexibility index (Phi) is 6.05. The quantitative estimate of drug-likeness (QED) is 0.811. The van der Waals surface area contributed by atoms with Crippen LogP contribution in [0, 0.1) is 0 Å². The van der Waals surface area contributed by atoms with Gasteiger partial charge in [-0.1, -0.05) is 38.8 Å². The fourth-order valence-electron chi connectivity index (χ4n) is 2.56. The molecule has 1 aromatic carbocycles. The summed E-state index contributed by atoms with van der Waals surface area (Å²) >= 11 is 0. The molecular formula is C17H26N2O2. The molecule has 1 aliphatic carbocycles. The van der Waals surface area contributed by atoms with Crippen molar-refractivity contribution in [1.29, 1.82) is 0 Å². The van der Waals surface area contributed by atoms with E-state index >= 15 is 0 Å². The van der Waals surface area contributed by atoms with Gasteiger partial charge in [-0.15, -0.1) is 0 Å². The maximum absolute atomic E-state index is 11.8. The van der Waals surface area contributed by atoms with E-state index in [1.54, 1.807) is 0 Å². The minimum Gasteiger partial charge on any atom is -0.484 e. The van der Waals surface area contributed by atoms with Crippen LogP contribution in [0.1, 0.15) is 45.1 Å². The normalized spacial score (nSPS) is 15.4. The van der Waals surface area contributed by atoms with Crippen molar-refractivity contribution < 1.29 is 9.53 Å². The first-order chi connectivity index (χ1) is 10.1. The highest BCUT2D eigenvalue weighted by molar-refractivity contribution is 5.77. The summed E-state index contributed by atoms with van der Waals surface area (Å²) in [7, 11) is 0. The van der Waals surface area contributed by atoms with Gasteiger partial charge in [0, 0.05) is 18.6 Å². The minimum absolute atomic E-state index is 0.0207. The summed E-state index contributed by atoms with van der Waals surface area (Å²) in [6.45, 7) is 5.14. The number of carbonyl (C=O) groups excluding carboxylic acids is 1. The first kappa shape index (κ1) is 15.8. The third-order valence-corrected chi connectivity index (χ3v) is 3.70. The summed E-state index contributed by atoms with van der Waals surface area (Å²) in [5, 5.41) is 6.39. The van der Waals surface area contributed by atoms with E-state index in [2.05, 4.69) is 30.5 Å². The lowest BCUT2D eigenvalue weighted by atomic mass is 10.2. The van der Waals surface area contributed by atoms with Crippen LogP contribution >= 0.6 is 0 Å². The number of rotatable bonds is 7. The Balaban J connectivity index is 1.76. The van der Waals surface area contributed by atoms with Crippen molar-refractivity contribution in [2.45, 2.75) is 58.2 Å². The van der Waals surface area contributed by atoms with Crippen LogP contribution < -0.4 is 15.4 Å². The molecular weight excluding hydrogens is 264 g/mol. The number of hydrogen-bond acceptors (Lipinski definition) is 3. The zero-order chi connectivity index (χ0) is 15.1. The highest BCUT2D eigenvalue weighted by atomic mass is 16.5.